The molecule has 1 aromatic rings. The van der Waals surface area contributed by atoms with Crippen molar-refractivity contribution < 1.29 is 24.2 Å². The number of likely N-dealkylation sites (tertiary alicyclic amines) is 1. The van der Waals surface area contributed by atoms with Gasteiger partial charge >= 0.3 is 0 Å². The van der Waals surface area contributed by atoms with Crippen LogP contribution in [0.2, 0.25) is 0 Å². The first-order chi connectivity index (χ1) is 18.7. The first-order valence-electron chi connectivity index (χ1n) is 14.4. The molecule has 4 aliphatic rings. The van der Waals surface area contributed by atoms with Crippen molar-refractivity contribution in [1.29, 1.82) is 0 Å². The van der Waals surface area contributed by atoms with Crippen molar-refractivity contribution in [3.63, 3.8) is 0 Å². The molecule has 1 unspecified atom stereocenters. The fraction of sp³-hybridized carbons (Fsp3) is 0.581. The highest BCUT2D eigenvalue weighted by Gasteiger charge is 2.75. The van der Waals surface area contributed by atoms with Gasteiger partial charge in [0.2, 0.25) is 11.8 Å². The summed E-state index contributed by atoms with van der Waals surface area (Å²) < 4.78 is 7.02. The van der Waals surface area contributed by atoms with E-state index in [1.54, 1.807) is 14.7 Å². The van der Waals surface area contributed by atoms with E-state index in [2.05, 4.69) is 0 Å². The number of aliphatic hydroxyl groups excluding tert-OH is 1. The molecule has 210 valence electrons. The van der Waals surface area contributed by atoms with Crippen molar-refractivity contribution in [2.75, 3.05) is 31.1 Å². The standard InChI is InChI=1S/C31H41N3O5/c1-6-16-32-17-10-14-30(8-3)23(27(32)36)24-28(37)34(22(7-2)19-35)26-29(38)33(18-11-15-31(24,26)39-30)25-20(4)12-9-13-21(25)5/h9-15,22-24,26,35H,6-8,16-19H2,1-5H3/t22-,23-,24-,26?,30+,31-/m0/s1. The number of rotatable bonds is 7. The van der Waals surface area contributed by atoms with Crippen molar-refractivity contribution in [3.05, 3.63) is 53.6 Å². The van der Waals surface area contributed by atoms with Crippen molar-refractivity contribution in [1.82, 2.24) is 9.80 Å². The molecule has 8 nitrogen and oxygen atoms in total. The number of para-hydroxylation sites is 1. The summed E-state index contributed by atoms with van der Waals surface area (Å²) in [4.78, 5) is 48.5. The lowest BCUT2D eigenvalue weighted by Crippen LogP contribution is -2.59. The molecule has 4 aliphatic heterocycles. The lowest BCUT2D eigenvalue weighted by atomic mass is 9.73. The Hall–Kier alpha value is -2.97. The summed E-state index contributed by atoms with van der Waals surface area (Å²) in [5.41, 5.74) is 0.427. The molecule has 0 radical (unpaired) electrons. The minimum absolute atomic E-state index is 0.103. The quantitative estimate of drug-likeness (QED) is 0.542. The molecule has 2 fully saturated rings. The molecule has 39 heavy (non-hydrogen) atoms. The van der Waals surface area contributed by atoms with E-state index < -0.39 is 35.1 Å². The number of carbonyl (C=O) groups is 3. The summed E-state index contributed by atoms with van der Waals surface area (Å²) in [5.74, 6) is -2.26. The fourth-order valence-electron chi connectivity index (χ4n) is 7.46. The maximum atomic E-state index is 14.7. The van der Waals surface area contributed by atoms with Gasteiger partial charge in [-0.15, -0.1) is 0 Å². The van der Waals surface area contributed by atoms with Gasteiger partial charge in [0.25, 0.3) is 5.91 Å². The monoisotopic (exact) mass is 535 g/mol. The Morgan fingerprint density at radius 3 is 2.28 bits per heavy atom. The zero-order valence-electron chi connectivity index (χ0n) is 23.7. The highest BCUT2D eigenvalue weighted by molar-refractivity contribution is 6.06. The van der Waals surface area contributed by atoms with Crippen LogP contribution in [0, 0.1) is 25.7 Å². The molecule has 1 N–H and O–H groups in total. The van der Waals surface area contributed by atoms with Crippen LogP contribution >= 0.6 is 0 Å². The van der Waals surface area contributed by atoms with Gasteiger partial charge in [-0.25, -0.2) is 0 Å². The Labute approximate surface area is 231 Å². The zero-order chi connectivity index (χ0) is 28.1. The van der Waals surface area contributed by atoms with Crippen molar-refractivity contribution in [2.45, 2.75) is 77.2 Å². The van der Waals surface area contributed by atoms with E-state index >= 15 is 0 Å². The first-order valence-corrected chi connectivity index (χ1v) is 14.4. The minimum atomic E-state index is -1.32. The Kier molecular flexibility index (Phi) is 7.22. The molecule has 0 bridgehead atoms. The molecular weight excluding hydrogens is 494 g/mol. The van der Waals surface area contributed by atoms with Crippen LogP contribution in [0.5, 0.6) is 0 Å². The van der Waals surface area contributed by atoms with Gasteiger partial charge in [-0.05, 0) is 44.2 Å². The molecule has 1 aromatic carbocycles. The summed E-state index contributed by atoms with van der Waals surface area (Å²) >= 11 is 0. The van der Waals surface area contributed by atoms with E-state index in [-0.39, 0.29) is 24.3 Å². The highest BCUT2D eigenvalue weighted by Crippen LogP contribution is 2.59. The number of hydrogen-bond acceptors (Lipinski definition) is 5. The summed E-state index contributed by atoms with van der Waals surface area (Å²) in [6.07, 6.45) is 9.51. The van der Waals surface area contributed by atoms with Gasteiger partial charge < -0.3 is 24.5 Å². The number of nitrogens with zero attached hydrogens (tertiary/aromatic N) is 3. The molecular formula is C31H41N3O5. The van der Waals surface area contributed by atoms with Crippen molar-refractivity contribution >= 4 is 23.4 Å². The highest BCUT2D eigenvalue weighted by atomic mass is 16.5. The smallest absolute Gasteiger partial charge is 0.253 e. The number of fused-ring (bicyclic) bond motifs is 2. The van der Waals surface area contributed by atoms with Crippen LogP contribution in [0.25, 0.3) is 0 Å². The van der Waals surface area contributed by atoms with E-state index in [1.807, 2.05) is 77.1 Å². The van der Waals surface area contributed by atoms with E-state index in [4.69, 9.17) is 4.74 Å². The van der Waals surface area contributed by atoms with E-state index in [1.165, 1.54) is 0 Å². The van der Waals surface area contributed by atoms with Gasteiger partial charge in [0.15, 0.2) is 0 Å². The van der Waals surface area contributed by atoms with Gasteiger partial charge in [-0.3, -0.25) is 14.4 Å². The number of hydrogen-bond donors (Lipinski definition) is 1. The third-order valence-electron chi connectivity index (χ3n) is 9.24. The molecule has 0 aliphatic carbocycles. The van der Waals surface area contributed by atoms with Crippen LogP contribution in [-0.2, 0) is 19.1 Å². The molecule has 2 saturated heterocycles. The number of benzene rings is 1. The largest absolute Gasteiger partial charge is 0.394 e. The zero-order valence-corrected chi connectivity index (χ0v) is 23.7. The predicted octanol–water partition coefficient (Wildman–Crippen LogP) is 3.15. The summed E-state index contributed by atoms with van der Waals surface area (Å²) in [7, 11) is 0. The van der Waals surface area contributed by atoms with Gasteiger partial charge in [0, 0.05) is 25.3 Å². The van der Waals surface area contributed by atoms with Crippen LogP contribution in [0.3, 0.4) is 0 Å². The lowest BCUT2D eigenvalue weighted by molar-refractivity contribution is -0.152. The lowest BCUT2D eigenvalue weighted by Gasteiger charge is -2.41. The maximum Gasteiger partial charge on any atom is 0.253 e. The summed E-state index contributed by atoms with van der Waals surface area (Å²) in [5, 5.41) is 10.4. The normalized spacial score (nSPS) is 32.7. The van der Waals surface area contributed by atoms with Crippen LogP contribution in [0.4, 0.5) is 5.69 Å². The molecule has 5 rings (SSSR count). The Morgan fingerprint density at radius 2 is 1.67 bits per heavy atom. The average molecular weight is 536 g/mol. The third-order valence-corrected chi connectivity index (χ3v) is 9.24. The second kappa shape index (κ2) is 10.2. The molecule has 0 saturated carbocycles. The van der Waals surface area contributed by atoms with Gasteiger partial charge in [-0.2, -0.15) is 0 Å². The summed E-state index contributed by atoms with van der Waals surface area (Å²) in [6.45, 7) is 11.0. The summed E-state index contributed by atoms with van der Waals surface area (Å²) in [6, 6.07) is 4.35. The van der Waals surface area contributed by atoms with Gasteiger partial charge in [0.1, 0.15) is 11.6 Å². The number of amides is 3. The van der Waals surface area contributed by atoms with Crippen LogP contribution in [0.1, 0.15) is 51.2 Å². The van der Waals surface area contributed by atoms with Crippen LogP contribution in [-0.4, -0.2) is 82.2 Å². The molecule has 6 atom stereocenters. The Balaban J connectivity index is 1.71. The Morgan fingerprint density at radius 1 is 0.974 bits per heavy atom. The second-order valence-corrected chi connectivity index (χ2v) is 11.4. The van der Waals surface area contributed by atoms with E-state index in [0.717, 1.165) is 23.2 Å². The van der Waals surface area contributed by atoms with E-state index in [9.17, 15) is 19.5 Å². The topological polar surface area (TPSA) is 90.4 Å². The van der Waals surface area contributed by atoms with Gasteiger partial charge in [-0.1, -0.05) is 63.3 Å². The van der Waals surface area contributed by atoms with Crippen LogP contribution in [0.15, 0.2) is 42.5 Å². The first kappa shape index (κ1) is 27.6. The molecule has 3 amide bonds. The fourth-order valence-corrected chi connectivity index (χ4v) is 7.46. The number of anilines is 1. The van der Waals surface area contributed by atoms with Crippen LogP contribution < -0.4 is 4.90 Å². The number of aliphatic hydroxyl groups is 1. The number of ether oxygens (including phenoxy) is 1. The minimum Gasteiger partial charge on any atom is -0.394 e. The van der Waals surface area contributed by atoms with E-state index in [0.29, 0.717) is 32.5 Å². The average Bonchev–Trinajstić information content (AvgIpc) is 3.21. The Bertz CT molecular complexity index is 1200. The van der Waals surface area contributed by atoms with Crippen molar-refractivity contribution in [2.24, 2.45) is 11.8 Å². The third kappa shape index (κ3) is 3.90. The number of aryl methyl sites for hydroxylation is 2. The maximum absolute atomic E-state index is 14.7. The van der Waals surface area contributed by atoms with Crippen molar-refractivity contribution in [3.8, 4) is 0 Å². The molecule has 1 spiro atoms. The molecule has 4 heterocycles. The number of carbonyl (C=O) groups excluding carboxylic acids is 3. The molecule has 8 heteroatoms. The SMILES string of the molecule is CCCN1CC=C[C@@]2(CC)O[C@]34C=CCN(c5c(C)cccc5C)C(=O)C3N([C@@H](CC)CO)C(=O)[C@@H]4[C@H]2C1=O. The second-order valence-electron chi connectivity index (χ2n) is 11.4. The molecule has 0 aromatic heterocycles. The van der Waals surface area contributed by atoms with Gasteiger partial charge in [0.05, 0.1) is 30.1 Å². The predicted molar refractivity (Wildman–Crippen MR) is 149 cm³/mol.